The largest absolute Gasteiger partial charge is 0.444 e. The Balaban J connectivity index is 0.000000260. The molecule has 2 fully saturated rings. The molecule has 0 heterocycles. The highest BCUT2D eigenvalue weighted by Crippen LogP contribution is 2.19. The molecule has 0 spiro atoms. The van der Waals surface area contributed by atoms with E-state index in [1.807, 2.05) is 41.5 Å². The summed E-state index contributed by atoms with van der Waals surface area (Å²) in [5.74, 6) is 0. The first kappa shape index (κ1) is 22.5. The Hall–Kier alpha value is -1.54. The third-order valence-electron chi connectivity index (χ3n) is 3.79. The number of hydrogen-bond donors (Lipinski definition) is 4. The Labute approximate surface area is 156 Å². The topological polar surface area (TPSA) is 129 Å². The molecular formula is C18H36N4O4. The van der Waals surface area contributed by atoms with Gasteiger partial charge in [0.15, 0.2) is 0 Å². The first-order chi connectivity index (χ1) is 11.7. The van der Waals surface area contributed by atoms with Crippen LogP contribution in [0.15, 0.2) is 0 Å². The van der Waals surface area contributed by atoms with Crippen molar-refractivity contribution in [2.45, 2.75) is 103 Å². The summed E-state index contributed by atoms with van der Waals surface area (Å²) < 4.78 is 10.2. The number of amides is 2. The van der Waals surface area contributed by atoms with Crippen LogP contribution in [0.5, 0.6) is 0 Å². The Kier molecular flexibility index (Phi) is 7.70. The second-order valence-electron chi connectivity index (χ2n) is 9.15. The number of hydrogen-bond acceptors (Lipinski definition) is 6. The number of rotatable bonds is 2. The molecule has 2 amide bonds. The highest BCUT2D eigenvalue weighted by Gasteiger charge is 2.29. The summed E-state index contributed by atoms with van der Waals surface area (Å²) in [5, 5.41) is 5.52. The van der Waals surface area contributed by atoms with Crippen LogP contribution < -0.4 is 22.1 Å². The van der Waals surface area contributed by atoms with Gasteiger partial charge in [0.1, 0.15) is 11.2 Å². The molecule has 0 atom stereocenters. The molecule has 0 aromatic heterocycles. The lowest BCUT2D eigenvalue weighted by Gasteiger charge is -2.33. The van der Waals surface area contributed by atoms with Gasteiger partial charge >= 0.3 is 12.2 Å². The highest BCUT2D eigenvalue weighted by molar-refractivity contribution is 5.68. The van der Waals surface area contributed by atoms with Gasteiger partial charge in [-0.05, 0) is 67.2 Å². The van der Waals surface area contributed by atoms with Gasteiger partial charge in [0.25, 0.3) is 0 Å². The monoisotopic (exact) mass is 372 g/mol. The molecular weight excluding hydrogens is 336 g/mol. The Bertz CT molecular complexity index is 429. The van der Waals surface area contributed by atoms with Crippen LogP contribution >= 0.6 is 0 Å². The van der Waals surface area contributed by atoms with Crippen molar-refractivity contribution in [3.63, 3.8) is 0 Å². The van der Waals surface area contributed by atoms with Gasteiger partial charge in [-0.2, -0.15) is 0 Å². The molecule has 2 saturated carbocycles. The highest BCUT2D eigenvalue weighted by atomic mass is 16.6. The molecule has 8 heteroatoms. The normalized spacial score (nSPS) is 27.7. The number of carbonyl (C=O) groups excluding carboxylic acids is 2. The van der Waals surface area contributed by atoms with Crippen molar-refractivity contribution in [3.05, 3.63) is 0 Å². The summed E-state index contributed by atoms with van der Waals surface area (Å²) in [6.07, 6.45) is 2.76. The van der Waals surface area contributed by atoms with E-state index in [1.54, 1.807) is 0 Å². The molecule has 2 aliphatic rings. The van der Waals surface area contributed by atoms with E-state index in [0.29, 0.717) is 0 Å². The van der Waals surface area contributed by atoms with Gasteiger partial charge in [-0.25, -0.2) is 9.59 Å². The quantitative estimate of drug-likeness (QED) is 0.587. The maximum absolute atomic E-state index is 11.2. The molecule has 2 aliphatic carbocycles. The lowest BCUT2D eigenvalue weighted by atomic mass is 9.88. The molecule has 2 rings (SSSR count). The molecule has 8 nitrogen and oxygen atoms in total. The van der Waals surface area contributed by atoms with Crippen molar-refractivity contribution in [3.8, 4) is 0 Å². The standard InChI is InChI=1S/2C9H18N2O2/c2*1-9(2,3)13-8(12)11-7-4-6(10)5-7/h2*6-7H,4-5,10H2,1-3H3,(H,11,12). The SMILES string of the molecule is CC(C)(C)OC(=O)NC1CC(N)C1.CC(C)(C)OC(=O)NC1CC(N)C1. The van der Waals surface area contributed by atoms with Crippen LogP contribution in [0.1, 0.15) is 67.2 Å². The molecule has 0 aromatic rings. The van der Waals surface area contributed by atoms with Gasteiger partial charge in [0, 0.05) is 24.2 Å². The van der Waals surface area contributed by atoms with Gasteiger partial charge < -0.3 is 31.6 Å². The van der Waals surface area contributed by atoms with Crippen LogP contribution in [-0.2, 0) is 9.47 Å². The van der Waals surface area contributed by atoms with E-state index in [9.17, 15) is 9.59 Å². The minimum Gasteiger partial charge on any atom is -0.444 e. The summed E-state index contributed by atoms with van der Waals surface area (Å²) in [6.45, 7) is 11.1. The zero-order valence-electron chi connectivity index (χ0n) is 16.9. The van der Waals surface area contributed by atoms with Gasteiger partial charge in [-0.1, -0.05) is 0 Å². The van der Waals surface area contributed by atoms with Gasteiger partial charge in [0.2, 0.25) is 0 Å². The second kappa shape index (κ2) is 8.90. The van der Waals surface area contributed by atoms with Crippen LogP contribution in [0.2, 0.25) is 0 Å². The molecule has 0 aliphatic heterocycles. The van der Waals surface area contributed by atoms with Crippen molar-refractivity contribution >= 4 is 12.2 Å². The molecule has 0 bridgehead atoms. The average Bonchev–Trinajstić information content (AvgIpc) is 2.31. The lowest BCUT2D eigenvalue weighted by Crippen LogP contribution is -2.51. The maximum atomic E-state index is 11.2. The molecule has 6 N–H and O–H groups in total. The van der Waals surface area contributed by atoms with Crippen LogP contribution in [0, 0.1) is 0 Å². The summed E-state index contributed by atoms with van der Waals surface area (Å²) in [7, 11) is 0. The number of ether oxygens (including phenoxy) is 2. The fraction of sp³-hybridized carbons (Fsp3) is 0.889. The zero-order valence-corrected chi connectivity index (χ0v) is 16.9. The zero-order chi connectivity index (χ0) is 20.1. The van der Waals surface area contributed by atoms with E-state index in [2.05, 4.69) is 10.6 Å². The predicted octanol–water partition coefficient (Wildman–Crippen LogP) is 2.00. The molecule has 0 radical (unpaired) electrons. The van der Waals surface area contributed by atoms with Crippen LogP contribution in [0.3, 0.4) is 0 Å². The minimum atomic E-state index is -0.421. The Morgan fingerprint density at radius 3 is 1.19 bits per heavy atom. The van der Waals surface area contributed by atoms with E-state index >= 15 is 0 Å². The summed E-state index contributed by atoms with van der Waals surface area (Å²) in [4.78, 5) is 22.4. The number of alkyl carbamates (subject to hydrolysis) is 2. The summed E-state index contributed by atoms with van der Waals surface area (Å²) >= 11 is 0. The number of nitrogens with two attached hydrogens (primary N) is 2. The van der Waals surface area contributed by atoms with E-state index in [0.717, 1.165) is 25.7 Å². The Morgan fingerprint density at radius 1 is 0.731 bits per heavy atom. The van der Waals surface area contributed by atoms with Gasteiger partial charge in [0.05, 0.1) is 0 Å². The predicted molar refractivity (Wildman–Crippen MR) is 101 cm³/mol. The van der Waals surface area contributed by atoms with E-state index in [4.69, 9.17) is 20.9 Å². The maximum Gasteiger partial charge on any atom is 0.407 e. The van der Waals surface area contributed by atoms with E-state index in [1.165, 1.54) is 0 Å². The molecule has 26 heavy (non-hydrogen) atoms. The van der Waals surface area contributed by atoms with Crippen LogP contribution in [0.4, 0.5) is 9.59 Å². The third kappa shape index (κ3) is 9.82. The molecule has 0 aromatic carbocycles. The number of nitrogens with one attached hydrogen (secondary N) is 2. The lowest BCUT2D eigenvalue weighted by molar-refractivity contribution is 0.0460. The van der Waals surface area contributed by atoms with Gasteiger partial charge in [-0.3, -0.25) is 0 Å². The van der Waals surface area contributed by atoms with Crippen molar-refractivity contribution < 1.29 is 19.1 Å². The smallest absolute Gasteiger partial charge is 0.407 e. The molecule has 0 saturated heterocycles. The van der Waals surface area contributed by atoms with Crippen molar-refractivity contribution in [2.75, 3.05) is 0 Å². The van der Waals surface area contributed by atoms with E-state index < -0.39 is 11.2 Å². The fourth-order valence-electron chi connectivity index (χ4n) is 2.51. The third-order valence-corrected chi connectivity index (χ3v) is 3.79. The van der Waals surface area contributed by atoms with Crippen LogP contribution in [0.25, 0.3) is 0 Å². The first-order valence-corrected chi connectivity index (χ1v) is 9.23. The summed E-state index contributed by atoms with van der Waals surface area (Å²) in [5.41, 5.74) is 10.3. The van der Waals surface area contributed by atoms with Crippen LogP contribution in [-0.4, -0.2) is 47.6 Å². The van der Waals surface area contributed by atoms with Gasteiger partial charge in [-0.15, -0.1) is 0 Å². The minimum absolute atomic E-state index is 0.213. The number of carbonyl (C=O) groups is 2. The van der Waals surface area contributed by atoms with Crippen molar-refractivity contribution in [1.29, 1.82) is 0 Å². The summed E-state index contributed by atoms with van der Waals surface area (Å²) in [6, 6.07) is 0.926. The molecule has 152 valence electrons. The first-order valence-electron chi connectivity index (χ1n) is 9.23. The Morgan fingerprint density at radius 2 is 1.00 bits per heavy atom. The van der Waals surface area contributed by atoms with Crippen molar-refractivity contribution in [2.24, 2.45) is 11.5 Å². The van der Waals surface area contributed by atoms with E-state index in [-0.39, 0.29) is 36.4 Å². The average molecular weight is 373 g/mol. The second-order valence-corrected chi connectivity index (χ2v) is 9.15. The molecule has 0 unspecified atom stereocenters. The fourth-order valence-corrected chi connectivity index (χ4v) is 2.51. The van der Waals surface area contributed by atoms with Crippen molar-refractivity contribution in [1.82, 2.24) is 10.6 Å².